The maximum atomic E-state index is 12.3. The van der Waals surface area contributed by atoms with Gasteiger partial charge in [0.05, 0.1) is 16.7 Å². The van der Waals surface area contributed by atoms with Gasteiger partial charge in [-0.25, -0.2) is 0 Å². The summed E-state index contributed by atoms with van der Waals surface area (Å²) in [7, 11) is 0. The lowest BCUT2D eigenvalue weighted by Crippen LogP contribution is -2.24. The zero-order valence-corrected chi connectivity index (χ0v) is 13.5. The monoisotopic (exact) mass is 363 g/mol. The highest BCUT2D eigenvalue weighted by Gasteiger charge is 2.18. The number of carbonyl (C=O) groups excluding carboxylic acids is 1. The molecule has 0 aliphatic carbocycles. The summed E-state index contributed by atoms with van der Waals surface area (Å²) in [4.78, 5) is 12.3. The van der Waals surface area contributed by atoms with Crippen LogP contribution in [0.15, 0.2) is 46.9 Å². The molecule has 0 amide bonds. The van der Waals surface area contributed by atoms with Gasteiger partial charge >= 0.3 is 0 Å². The third-order valence-electron chi connectivity index (χ3n) is 2.86. The normalized spacial score (nSPS) is 11.5. The van der Waals surface area contributed by atoms with E-state index in [1.807, 2.05) is 6.07 Å². The fraction of sp³-hybridized carbons (Fsp3) is 0.125. The molecule has 5 heteroatoms. The molecule has 0 saturated carbocycles. The minimum Gasteiger partial charge on any atom is -0.481 e. The molecule has 0 saturated heterocycles. The van der Waals surface area contributed by atoms with Crippen LogP contribution in [0.1, 0.15) is 22.8 Å². The zero-order chi connectivity index (χ0) is 15.4. The third-order valence-corrected chi connectivity index (χ3v) is 3.69. The number of benzene rings is 2. The van der Waals surface area contributed by atoms with Gasteiger partial charge in [-0.05, 0) is 37.3 Å². The van der Waals surface area contributed by atoms with Crippen LogP contribution in [-0.2, 0) is 0 Å². The predicted octanol–water partition coefficient (Wildman–Crippen LogP) is 4.62. The van der Waals surface area contributed by atoms with Crippen molar-refractivity contribution in [2.45, 2.75) is 13.0 Å². The second-order valence-electron chi connectivity index (χ2n) is 4.39. The molecule has 2 aromatic rings. The van der Waals surface area contributed by atoms with Gasteiger partial charge < -0.3 is 4.74 Å². The van der Waals surface area contributed by atoms with Crippen molar-refractivity contribution < 1.29 is 9.53 Å². The van der Waals surface area contributed by atoms with Gasteiger partial charge in [-0.2, -0.15) is 5.26 Å². The Morgan fingerprint density at radius 1 is 1.29 bits per heavy atom. The van der Waals surface area contributed by atoms with E-state index in [1.54, 1.807) is 43.3 Å². The Kier molecular flexibility index (Phi) is 5.00. The lowest BCUT2D eigenvalue weighted by molar-refractivity contribution is 0.0818. The first kappa shape index (κ1) is 15.6. The summed E-state index contributed by atoms with van der Waals surface area (Å²) in [6, 6.07) is 13.7. The van der Waals surface area contributed by atoms with Crippen molar-refractivity contribution in [3.63, 3.8) is 0 Å². The van der Waals surface area contributed by atoms with Gasteiger partial charge in [-0.1, -0.05) is 39.7 Å². The summed E-state index contributed by atoms with van der Waals surface area (Å²) >= 11 is 9.35. The van der Waals surface area contributed by atoms with E-state index in [-0.39, 0.29) is 5.78 Å². The summed E-state index contributed by atoms with van der Waals surface area (Å²) in [5.74, 6) is 0.247. The molecule has 0 unspecified atom stereocenters. The highest BCUT2D eigenvalue weighted by molar-refractivity contribution is 9.10. The van der Waals surface area contributed by atoms with Crippen molar-refractivity contribution in [2.24, 2.45) is 0 Å². The van der Waals surface area contributed by atoms with E-state index in [9.17, 15) is 4.79 Å². The molecule has 3 nitrogen and oxygen atoms in total. The average molecular weight is 365 g/mol. The number of Topliss-reactive ketones (excluding diaryl/α,β-unsaturated/α-hetero) is 1. The van der Waals surface area contributed by atoms with Crippen LogP contribution in [0.5, 0.6) is 5.75 Å². The molecule has 1 atom stereocenters. The SMILES string of the molecule is C[C@H](Oc1ccc(C#N)cc1Cl)C(=O)c1ccc(Br)cc1. The van der Waals surface area contributed by atoms with Crippen LogP contribution in [0.4, 0.5) is 0 Å². The summed E-state index contributed by atoms with van der Waals surface area (Å²) < 4.78 is 6.49. The molecule has 0 fully saturated rings. The van der Waals surface area contributed by atoms with Crippen molar-refractivity contribution in [2.75, 3.05) is 0 Å². The highest BCUT2D eigenvalue weighted by Crippen LogP contribution is 2.26. The number of carbonyl (C=O) groups is 1. The zero-order valence-electron chi connectivity index (χ0n) is 11.1. The van der Waals surface area contributed by atoms with Gasteiger partial charge in [0.25, 0.3) is 0 Å². The van der Waals surface area contributed by atoms with E-state index in [0.29, 0.717) is 21.9 Å². The number of hydrogen-bond donors (Lipinski definition) is 0. The fourth-order valence-corrected chi connectivity index (χ4v) is 2.25. The van der Waals surface area contributed by atoms with Gasteiger partial charge in [0, 0.05) is 10.0 Å². The topological polar surface area (TPSA) is 50.1 Å². The molecule has 106 valence electrons. The minimum atomic E-state index is -0.670. The molecule has 21 heavy (non-hydrogen) atoms. The van der Waals surface area contributed by atoms with Gasteiger partial charge in [0.2, 0.25) is 5.78 Å². The minimum absolute atomic E-state index is 0.136. The summed E-state index contributed by atoms with van der Waals surface area (Å²) in [6.45, 7) is 1.67. The number of hydrogen-bond acceptors (Lipinski definition) is 3. The van der Waals surface area contributed by atoms with Crippen molar-refractivity contribution >= 4 is 33.3 Å². The Morgan fingerprint density at radius 3 is 2.52 bits per heavy atom. The van der Waals surface area contributed by atoms with Crippen LogP contribution in [-0.4, -0.2) is 11.9 Å². The second kappa shape index (κ2) is 6.75. The Labute approximate surface area is 136 Å². The van der Waals surface area contributed by atoms with Crippen LogP contribution < -0.4 is 4.74 Å². The van der Waals surface area contributed by atoms with Crippen LogP contribution in [0, 0.1) is 11.3 Å². The van der Waals surface area contributed by atoms with Gasteiger partial charge in [-0.3, -0.25) is 4.79 Å². The first-order valence-corrected chi connectivity index (χ1v) is 7.34. The first-order chi connectivity index (χ1) is 10.0. The third kappa shape index (κ3) is 3.84. The molecule has 2 aromatic carbocycles. The smallest absolute Gasteiger partial charge is 0.202 e. The Hall–Kier alpha value is -1.83. The van der Waals surface area contributed by atoms with Crippen molar-refractivity contribution in [3.05, 3.63) is 63.1 Å². The largest absolute Gasteiger partial charge is 0.481 e. The van der Waals surface area contributed by atoms with Gasteiger partial charge in [-0.15, -0.1) is 0 Å². The molecule has 0 aliphatic rings. The van der Waals surface area contributed by atoms with Crippen LogP contribution in [0.2, 0.25) is 5.02 Å². The lowest BCUT2D eigenvalue weighted by atomic mass is 10.1. The fourth-order valence-electron chi connectivity index (χ4n) is 1.76. The molecular formula is C16H11BrClNO2. The molecule has 0 radical (unpaired) electrons. The standard InChI is InChI=1S/C16H11BrClNO2/c1-10(16(20)12-3-5-13(17)6-4-12)21-15-7-2-11(9-19)8-14(15)18/h2-8,10H,1H3/t10-/m0/s1. The van der Waals surface area contributed by atoms with E-state index >= 15 is 0 Å². The Bertz CT molecular complexity index is 707. The number of halogens is 2. The average Bonchev–Trinajstić information content (AvgIpc) is 2.49. The highest BCUT2D eigenvalue weighted by atomic mass is 79.9. The molecular weight excluding hydrogens is 354 g/mol. The summed E-state index contributed by atoms with van der Waals surface area (Å²) in [5, 5.41) is 9.10. The van der Waals surface area contributed by atoms with E-state index in [1.165, 1.54) is 6.07 Å². The van der Waals surface area contributed by atoms with Crippen molar-refractivity contribution in [1.82, 2.24) is 0 Å². The van der Waals surface area contributed by atoms with Crippen molar-refractivity contribution in [1.29, 1.82) is 5.26 Å². The number of nitrogens with zero attached hydrogens (tertiary/aromatic N) is 1. The first-order valence-electron chi connectivity index (χ1n) is 6.17. The van der Waals surface area contributed by atoms with E-state index < -0.39 is 6.10 Å². The maximum Gasteiger partial charge on any atom is 0.202 e. The maximum absolute atomic E-state index is 12.3. The van der Waals surface area contributed by atoms with Crippen LogP contribution in [0.3, 0.4) is 0 Å². The van der Waals surface area contributed by atoms with E-state index in [4.69, 9.17) is 21.6 Å². The summed E-state index contributed by atoms with van der Waals surface area (Å²) in [5.41, 5.74) is 1.01. The van der Waals surface area contributed by atoms with Crippen LogP contribution >= 0.6 is 27.5 Å². The molecule has 0 bridgehead atoms. The van der Waals surface area contributed by atoms with Crippen molar-refractivity contribution in [3.8, 4) is 11.8 Å². The molecule has 0 heterocycles. The second-order valence-corrected chi connectivity index (χ2v) is 5.71. The van der Waals surface area contributed by atoms with Crippen LogP contribution in [0.25, 0.3) is 0 Å². The quantitative estimate of drug-likeness (QED) is 0.744. The van der Waals surface area contributed by atoms with E-state index in [0.717, 1.165) is 4.47 Å². The van der Waals surface area contributed by atoms with Gasteiger partial charge in [0.1, 0.15) is 5.75 Å². The molecule has 0 spiro atoms. The summed E-state index contributed by atoms with van der Waals surface area (Å²) in [6.07, 6.45) is -0.670. The molecule has 0 N–H and O–H groups in total. The molecule has 0 aromatic heterocycles. The molecule has 2 rings (SSSR count). The predicted molar refractivity (Wildman–Crippen MR) is 84.7 cm³/mol. The molecule has 0 aliphatic heterocycles. The lowest BCUT2D eigenvalue weighted by Gasteiger charge is -2.15. The van der Waals surface area contributed by atoms with E-state index in [2.05, 4.69) is 15.9 Å². The Balaban J connectivity index is 2.14. The Morgan fingerprint density at radius 2 is 1.95 bits per heavy atom. The number of rotatable bonds is 4. The number of ether oxygens (including phenoxy) is 1. The number of ketones is 1. The van der Waals surface area contributed by atoms with Gasteiger partial charge in [0.15, 0.2) is 6.10 Å². The number of nitriles is 1.